The number of hydrogen-bond donors (Lipinski definition) is 2. The van der Waals surface area contributed by atoms with Gasteiger partial charge in [-0.15, -0.1) is 0 Å². The highest BCUT2D eigenvalue weighted by Crippen LogP contribution is 2.23. The highest BCUT2D eigenvalue weighted by molar-refractivity contribution is 5.94. The highest BCUT2D eigenvalue weighted by atomic mass is 19.1. The van der Waals surface area contributed by atoms with E-state index in [0.29, 0.717) is 17.0 Å². The summed E-state index contributed by atoms with van der Waals surface area (Å²) >= 11 is 0. The van der Waals surface area contributed by atoms with Crippen LogP contribution in [0.5, 0.6) is 0 Å². The standard InChI is InChI=1S/C22H23FN4O2/c1-15-6-5-7-16(14-15)22(29)25-11-10-19(28)26-20(21-24-12-13-27(21)2)17-8-3-4-9-18(17)23/h3-9,12-14,20H,10-11H2,1-2H3,(H,25,29)(H,26,28). The lowest BCUT2D eigenvalue weighted by Crippen LogP contribution is -2.34. The molecular formula is C22H23FN4O2. The number of halogens is 1. The molecule has 0 spiro atoms. The Hall–Kier alpha value is -3.48. The fourth-order valence-corrected chi connectivity index (χ4v) is 3.06. The highest BCUT2D eigenvalue weighted by Gasteiger charge is 2.23. The molecular weight excluding hydrogens is 371 g/mol. The van der Waals surface area contributed by atoms with Gasteiger partial charge in [-0.25, -0.2) is 9.37 Å². The van der Waals surface area contributed by atoms with Crippen LogP contribution >= 0.6 is 0 Å². The van der Waals surface area contributed by atoms with Crippen molar-refractivity contribution in [1.82, 2.24) is 20.2 Å². The number of nitrogens with one attached hydrogen (secondary N) is 2. The van der Waals surface area contributed by atoms with Crippen molar-refractivity contribution in [3.05, 3.63) is 89.3 Å². The molecule has 0 radical (unpaired) electrons. The van der Waals surface area contributed by atoms with Crippen molar-refractivity contribution in [2.24, 2.45) is 7.05 Å². The maximum absolute atomic E-state index is 14.3. The monoisotopic (exact) mass is 394 g/mol. The van der Waals surface area contributed by atoms with E-state index in [0.717, 1.165) is 5.56 Å². The van der Waals surface area contributed by atoms with Gasteiger partial charge in [0.25, 0.3) is 5.91 Å². The quantitative estimate of drug-likeness (QED) is 0.647. The molecule has 0 aliphatic rings. The van der Waals surface area contributed by atoms with Crippen molar-refractivity contribution in [3.8, 4) is 0 Å². The van der Waals surface area contributed by atoms with Gasteiger partial charge in [0, 0.05) is 43.5 Å². The molecule has 1 atom stereocenters. The normalized spacial score (nSPS) is 11.7. The zero-order valence-corrected chi connectivity index (χ0v) is 16.4. The van der Waals surface area contributed by atoms with Gasteiger partial charge in [-0.2, -0.15) is 0 Å². The summed E-state index contributed by atoms with van der Waals surface area (Å²) in [4.78, 5) is 28.9. The molecule has 2 aromatic carbocycles. The van der Waals surface area contributed by atoms with Crippen LogP contribution in [0.1, 0.15) is 39.8 Å². The van der Waals surface area contributed by atoms with E-state index < -0.39 is 11.9 Å². The Morgan fingerprint density at radius 2 is 1.97 bits per heavy atom. The molecule has 0 saturated carbocycles. The van der Waals surface area contributed by atoms with Gasteiger partial charge in [-0.3, -0.25) is 9.59 Å². The summed E-state index contributed by atoms with van der Waals surface area (Å²) < 4.78 is 16.1. The maximum Gasteiger partial charge on any atom is 0.251 e. The molecule has 1 unspecified atom stereocenters. The Morgan fingerprint density at radius 3 is 2.66 bits per heavy atom. The zero-order valence-electron chi connectivity index (χ0n) is 16.4. The van der Waals surface area contributed by atoms with Crippen LogP contribution in [0.2, 0.25) is 0 Å². The average molecular weight is 394 g/mol. The molecule has 0 aliphatic heterocycles. The summed E-state index contributed by atoms with van der Waals surface area (Å²) in [5, 5.41) is 5.56. The predicted octanol–water partition coefficient (Wildman–Crippen LogP) is 2.89. The molecule has 29 heavy (non-hydrogen) atoms. The third-order valence-corrected chi connectivity index (χ3v) is 4.56. The summed E-state index contributed by atoms with van der Waals surface area (Å²) in [6.07, 6.45) is 3.39. The molecule has 0 saturated heterocycles. The number of carbonyl (C=O) groups excluding carboxylic acids is 2. The summed E-state index contributed by atoms with van der Waals surface area (Å²) in [5.74, 6) is -0.456. The molecule has 0 aliphatic carbocycles. The van der Waals surface area contributed by atoms with E-state index in [9.17, 15) is 14.0 Å². The van der Waals surface area contributed by atoms with E-state index in [1.807, 2.05) is 19.1 Å². The van der Waals surface area contributed by atoms with E-state index >= 15 is 0 Å². The van der Waals surface area contributed by atoms with Gasteiger partial charge in [-0.1, -0.05) is 35.9 Å². The molecule has 3 rings (SSSR count). The van der Waals surface area contributed by atoms with E-state index in [2.05, 4.69) is 15.6 Å². The molecule has 150 valence electrons. The van der Waals surface area contributed by atoms with Crippen molar-refractivity contribution in [2.45, 2.75) is 19.4 Å². The van der Waals surface area contributed by atoms with Crippen LogP contribution in [0.15, 0.2) is 60.9 Å². The van der Waals surface area contributed by atoms with Crippen LogP contribution < -0.4 is 10.6 Å². The second kappa shape index (κ2) is 9.14. The van der Waals surface area contributed by atoms with Crippen LogP contribution in [0.3, 0.4) is 0 Å². The topological polar surface area (TPSA) is 76.0 Å². The van der Waals surface area contributed by atoms with Gasteiger partial charge in [-0.05, 0) is 25.1 Å². The first kappa shape index (κ1) is 20.3. The SMILES string of the molecule is Cc1cccc(C(=O)NCCC(=O)NC(c2ccccc2F)c2nccn2C)c1. The molecule has 1 aromatic heterocycles. The molecule has 7 heteroatoms. The van der Waals surface area contributed by atoms with Crippen LogP contribution in [0, 0.1) is 12.7 Å². The van der Waals surface area contributed by atoms with Crippen molar-refractivity contribution in [2.75, 3.05) is 6.54 Å². The fourth-order valence-electron chi connectivity index (χ4n) is 3.06. The molecule has 2 amide bonds. The number of aryl methyl sites for hydroxylation is 2. The number of imidazole rings is 1. The average Bonchev–Trinajstić information content (AvgIpc) is 3.12. The summed E-state index contributed by atoms with van der Waals surface area (Å²) in [6, 6.07) is 12.8. The van der Waals surface area contributed by atoms with E-state index in [4.69, 9.17) is 0 Å². The summed E-state index contributed by atoms with van der Waals surface area (Å²) in [6.45, 7) is 2.08. The van der Waals surface area contributed by atoms with Crippen molar-refractivity contribution < 1.29 is 14.0 Å². The van der Waals surface area contributed by atoms with Crippen LogP contribution in [0.25, 0.3) is 0 Å². The lowest BCUT2D eigenvalue weighted by atomic mass is 10.1. The van der Waals surface area contributed by atoms with Crippen molar-refractivity contribution in [1.29, 1.82) is 0 Å². The minimum absolute atomic E-state index is 0.0624. The Labute approximate surface area is 168 Å². The maximum atomic E-state index is 14.3. The fraction of sp³-hybridized carbons (Fsp3) is 0.227. The van der Waals surface area contributed by atoms with Gasteiger partial charge >= 0.3 is 0 Å². The lowest BCUT2D eigenvalue weighted by Gasteiger charge is -2.20. The van der Waals surface area contributed by atoms with E-state index in [-0.39, 0.29) is 24.8 Å². The second-order valence-corrected chi connectivity index (χ2v) is 6.79. The largest absolute Gasteiger partial charge is 0.352 e. The van der Waals surface area contributed by atoms with Gasteiger partial charge in [0.15, 0.2) is 0 Å². The van der Waals surface area contributed by atoms with Crippen LogP contribution in [-0.2, 0) is 11.8 Å². The minimum atomic E-state index is -0.726. The third-order valence-electron chi connectivity index (χ3n) is 4.56. The molecule has 1 heterocycles. The summed E-state index contributed by atoms with van der Waals surface area (Å²) in [5.41, 5.74) is 1.86. The van der Waals surface area contributed by atoms with Gasteiger partial charge in [0.2, 0.25) is 5.91 Å². The Kier molecular flexibility index (Phi) is 6.39. The van der Waals surface area contributed by atoms with Crippen molar-refractivity contribution in [3.63, 3.8) is 0 Å². The molecule has 3 aromatic rings. The number of aromatic nitrogens is 2. The van der Waals surface area contributed by atoms with Gasteiger partial charge in [0.05, 0.1) is 0 Å². The Balaban J connectivity index is 1.64. The Morgan fingerprint density at radius 1 is 1.17 bits per heavy atom. The van der Waals surface area contributed by atoms with Gasteiger partial charge < -0.3 is 15.2 Å². The number of carbonyl (C=O) groups is 2. The molecule has 6 nitrogen and oxygen atoms in total. The van der Waals surface area contributed by atoms with Crippen LogP contribution in [-0.4, -0.2) is 27.9 Å². The number of hydrogen-bond acceptors (Lipinski definition) is 3. The molecule has 0 bridgehead atoms. The number of rotatable bonds is 7. The lowest BCUT2D eigenvalue weighted by molar-refractivity contribution is -0.121. The first-order valence-corrected chi connectivity index (χ1v) is 9.31. The second-order valence-electron chi connectivity index (χ2n) is 6.79. The van der Waals surface area contributed by atoms with E-state index in [1.165, 1.54) is 6.07 Å². The molecule has 0 fully saturated rings. The molecule has 2 N–H and O–H groups in total. The number of amides is 2. The van der Waals surface area contributed by atoms with E-state index in [1.54, 1.807) is 54.3 Å². The van der Waals surface area contributed by atoms with Crippen LogP contribution in [0.4, 0.5) is 4.39 Å². The number of nitrogens with zero attached hydrogens (tertiary/aromatic N) is 2. The summed E-state index contributed by atoms with van der Waals surface area (Å²) in [7, 11) is 1.78. The number of benzene rings is 2. The predicted molar refractivity (Wildman–Crippen MR) is 108 cm³/mol. The third kappa shape index (κ3) is 5.07. The Bertz CT molecular complexity index is 1020. The first-order valence-electron chi connectivity index (χ1n) is 9.31. The smallest absolute Gasteiger partial charge is 0.251 e. The zero-order chi connectivity index (χ0) is 20.8. The van der Waals surface area contributed by atoms with Gasteiger partial charge in [0.1, 0.15) is 17.7 Å². The van der Waals surface area contributed by atoms with Crippen molar-refractivity contribution >= 4 is 11.8 Å². The first-order chi connectivity index (χ1) is 14.0. The minimum Gasteiger partial charge on any atom is -0.352 e.